The van der Waals surface area contributed by atoms with Gasteiger partial charge in [0.05, 0.1) is 22.6 Å². The Hall–Kier alpha value is -3.58. The van der Waals surface area contributed by atoms with Crippen LogP contribution in [0.15, 0.2) is 53.7 Å². The molecule has 1 fully saturated rings. The molecule has 214 valence electrons. The van der Waals surface area contributed by atoms with Crippen molar-refractivity contribution in [3.8, 4) is 17.5 Å². The van der Waals surface area contributed by atoms with Crippen molar-refractivity contribution < 1.29 is 40.2 Å². The molecule has 0 amide bonds. The van der Waals surface area contributed by atoms with Gasteiger partial charge in [-0.3, -0.25) is 9.69 Å². The molecular formula is C27H27F4N3O5S. The Morgan fingerprint density at radius 1 is 1.07 bits per heavy atom. The predicted octanol–water partition coefficient (Wildman–Crippen LogP) is 4.79. The Morgan fingerprint density at radius 3 is 2.42 bits per heavy atom. The number of Topliss-reactive ketones (excluding diaryl/α,β-unsaturated/α-hetero) is 1. The molecule has 13 heteroatoms. The van der Waals surface area contributed by atoms with E-state index in [-0.39, 0.29) is 47.3 Å². The van der Waals surface area contributed by atoms with E-state index in [2.05, 4.69) is 9.97 Å². The number of rotatable bonds is 9. The summed E-state index contributed by atoms with van der Waals surface area (Å²) in [6, 6.07) is 8.09. The number of likely N-dealkylation sites (tertiary alicyclic amines) is 1. The van der Waals surface area contributed by atoms with Gasteiger partial charge in [0.2, 0.25) is 11.8 Å². The van der Waals surface area contributed by atoms with Crippen LogP contribution in [0.3, 0.4) is 0 Å². The maximum atomic E-state index is 14.4. The van der Waals surface area contributed by atoms with E-state index in [1.54, 1.807) is 6.92 Å². The van der Waals surface area contributed by atoms with Gasteiger partial charge < -0.3 is 9.47 Å². The molecule has 4 rings (SSSR count). The van der Waals surface area contributed by atoms with Crippen LogP contribution in [0.25, 0.3) is 0 Å². The summed E-state index contributed by atoms with van der Waals surface area (Å²) in [4.78, 5) is 22.4. The lowest BCUT2D eigenvalue weighted by atomic mass is 10.0. The molecule has 40 heavy (non-hydrogen) atoms. The first-order chi connectivity index (χ1) is 18.8. The summed E-state index contributed by atoms with van der Waals surface area (Å²) in [7, 11) is -3.58. The van der Waals surface area contributed by atoms with Crippen molar-refractivity contribution in [2.24, 2.45) is 0 Å². The Kier molecular flexibility index (Phi) is 8.74. The van der Waals surface area contributed by atoms with Crippen LogP contribution in [-0.4, -0.2) is 61.1 Å². The van der Waals surface area contributed by atoms with Crippen LogP contribution in [0, 0.1) is 12.7 Å². The molecule has 0 N–H and O–H groups in total. The zero-order chi connectivity index (χ0) is 29.1. The minimum atomic E-state index is -4.46. The third-order valence-corrected chi connectivity index (χ3v) is 7.51. The van der Waals surface area contributed by atoms with Crippen molar-refractivity contribution in [2.75, 3.05) is 25.9 Å². The number of ketones is 1. The molecule has 1 aliphatic heterocycles. The van der Waals surface area contributed by atoms with E-state index in [0.717, 1.165) is 24.5 Å². The Balaban J connectivity index is 1.31. The number of alkyl halides is 3. The number of benzene rings is 2. The lowest BCUT2D eigenvalue weighted by Gasteiger charge is -2.31. The Morgan fingerprint density at radius 2 is 1.77 bits per heavy atom. The standard InChI is InChI=1S/C27H27F4N3O5S/c1-17-25(32-16-33-26(17)39-24-7-6-22(14-23(24)28)40(2,36)37)38-21-8-10-34(11-9-21)15-20(35)13-18-4-3-5-19(12-18)27(29,30)31/h3-7,12,14,16,21H,8-11,13,15H2,1-2H3. The second-order valence-electron chi connectivity index (χ2n) is 9.58. The molecule has 0 aliphatic carbocycles. The van der Waals surface area contributed by atoms with E-state index in [4.69, 9.17) is 9.47 Å². The third-order valence-electron chi connectivity index (χ3n) is 6.40. The minimum Gasteiger partial charge on any atom is -0.474 e. The molecule has 2 heterocycles. The van der Waals surface area contributed by atoms with Gasteiger partial charge >= 0.3 is 6.18 Å². The van der Waals surface area contributed by atoms with Crippen molar-refractivity contribution in [3.05, 3.63) is 71.3 Å². The van der Waals surface area contributed by atoms with Crippen LogP contribution in [0.1, 0.15) is 29.5 Å². The maximum Gasteiger partial charge on any atom is 0.416 e. The zero-order valence-corrected chi connectivity index (χ0v) is 22.6. The van der Waals surface area contributed by atoms with Crippen molar-refractivity contribution in [1.82, 2.24) is 14.9 Å². The van der Waals surface area contributed by atoms with Crippen LogP contribution in [0.4, 0.5) is 17.6 Å². The summed E-state index contributed by atoms with van der Waals surface area (Å²) in [5.41, 5.74) is -0.0337. The maximum absolute atomic E-state index is 14.4. The largest absolute Gasteiger partial charge is 0.474 e. The highest BCUT2D eigenvalue weighted by atomic mass is 32.2. The van der Waals surface area contributed by atoms with Crippen LogP contribution < -0.4 is 9.47 Å². The molecule has 0 unspecified atom stereocenters. The van der Waals surface area contributed by atoms with Gasteiger partial charge in [-0.15, -0.1) is 0 Å². The number of aromatic nitrogens is 2. The molecule has 3 aromatic rings. The van der Waals surface area contributed by atoms with Gasteiger partial charge in [-0.2, -0.15) is 13.2 Å². The summed E-state index contributed by atoms with van der Waals surface area (Å²) < 4.78 is 88.1. The van der Waals surface area contributed by atoms with E-state index in [1.165, 1.54) is 30.6 Å². The number of hydrogen-bond acceptors (Lipinski definition) is 8. The lowest BCUT2D eigenvalue weighted by molar-refractivity contribution is -0.137. The van der Waals surface area contributed by atoms with Gasteiger partial charge in [0.15, 0.2) is 27.2 Å². The first-order valence-electron chi connectivity index (χ1n) is 12.4. The predicted molar refractivity (Wildman–Crippen MR) is 137 cm³/mol. The molecule has 0 spiro atoms. The number of hydrogen-bond donors (Lipinski definition) is 0. The molecule has 8 nitrogen and oxygen atoms in total. The average molecular weight is 582 g/mol. The van der Waals surface area contributed by atoms with E-state index >= 15 is 0 Å². The topological polar surface area (TPSA) is 98.7 Å². The molecule has 0 saturated carbocycles. The van der Waals surface area contributed by atoms with Gasteiger partial charge in [0, 0.05) is 25.8 Å². The van der Waals surface area contributed by atoms with E-state index < -0.39 is 27.4 Å². The third kappa shape index (κ3) is 7.54. The Bertz CT molecular complexity index is 1490. The quantitative estimate of drug-likeness (QED) is 0.333. The smallest absolute Gasteiger partial charge is 0.416 e. The molecule has 0 atom stereocenters. The number of carbonyl (C=O) groups excluding carboxylic acids is 1. The number of piperidine rings is 1. The first kappa shape index (κ1) is 29.4. The van der Waals surface area contributed by atoms with Crippen LogP contribution >= 0.6 is 0 Å². The number of halogens is 4. The Labute approximate surface area is 228 Å². The van der Waals surface area contributed by atoms with Gasteiger partial charge in [0.1, 0.15) is 12.4 Å². The van der Waals surface area contributed by atoms with E-state index in [0.29, 0.717) is 37.1 Å². The van der Waals surface area contributed by atoms with Crippen molar-refractivity contribution >= 4 is 15.6 Å². The monoisotopic (exact) mass is 581 g/mol. The summed E-state index contributed by atoms with van der Waals surface area (Å²) in [5.74, 6) is -0.948. The molecule has 1 aromatic heterocycles. The zero-order valence-electron chi connectivity index (χ0n) is 21.7. The van der Waals surface area contributed by atoms with Crippen molar-refractivity contribution in [2.45, 2.75) is 43.4 Å². The SMILES string of the molecule is Cc1c(Oc2ccc(S(C)(=O)=O)cc2F)ncnc1OC1CCN(CC(=O)Cc2cccc(C(F)(F)F)c2)CC1. The normalized spacial score (nSPS) is 15.2. The second-order valence-corrected chi connectivity index (χ2v) is 11.6. The fraction of sp³-hybridized carbons (Fsp3) is 0.370. The fourth-order valence-electron chi connectivity index (χ4n) is 4.27. The number of ether oxygens (including phenoxy) is 2. The number of sulfone groups is 1. The van der Waals surface area contributed by atoms with Crippen molar-refractivity contribution in [1.29, 1.82) is 0 Å². The van der Waals surface area contributed by atoms with Crippen LogP contribution in [-0.2, 0) is 27.2 Å². The molecule has 0 radical (unpaired) electrons. The fourth-order valence-corrected chi connectivity index (χ4v) is 4.91. The van der Waals surface area contributed by atoms with Gasteiger partial charge in [-0.1, -0.05) is 18.2 Å². The van der Waals surface area contributed by atoms with E-state index in [1.807, 2.05) is 4.90 Å². The molecule has 1 saturated heterocycles. The lowest BCUT2D eigenvalue weighted by Crippen LogP contribution is -2.41. The molecule has 1 aliphatic rings. The van der Waals surface area contributed by atoms with Gasteiger partial charge in [-0.25, -0.2) is 22.8 Å². The summed E-state index contributed by atoms with van der Waals surface area (Å²) in [5, 5.41) is 0. The van der Waals surface area contributed by atoms with Crippen LogP contribution in [0.2, 0.25) is 0 Å². The van der Waals surface area contributed by atoms with Crippen LogP contribution in [0.5, 0.6) is 17.5 Å². The molecular weight excluding hydrogens is 554 g/mol. The highest BCUT2D eigenvalue weighted by molar-refractivity contribution is 7.90. The average Bonchev–Trinajstić information content (AvgIpc) is 2.87. The highest BCUT2D eigenvalue weighted by Gasteiger charge is 2.30. The van der Waals surface area contributed by atoms with Crippen molar-refractivity contribution in [3.63, 3.8) is 0 Å². The molecule has 2 aromatic carbocycles. The minimum absolute atomic E-state index is 0.0497. The van der Waals surface area contributed by atoms with Gasteiger partial charge in [0.25, 0.3) is 0 Å². The summed E-state index contributed by atoms with van der Waals surface area (Å²) in [6.45, 7) is 2.86. The second kappa shape index (κ2) is 11.9. The first-order valence-corrected chi connectivity index (χ1v) is 14.2. The summed E-state index contributed by atoms with van der Waals surface area (Å²) >= 11 is 0. The van der Waals surface area contributed by atoms with Gasteiger partial charge in [-0.05, 0) is 49.6 Å². The highest BCUT2D eigenvalue weighted by Crippen LogP contribution is 2.32. The number of carbonyl (C=O) groups is 1. The summed E-state index contributed by atoms with van der Waals surface area (Å²) in [6.07, 6.45) is -1.41. The number of nitrogens with zero attached hydrogens (tertiary/aromatic N) is 3. The van der Waals surface area contributed by atoms with E-state index in [9.17, 15) is 30.8 Å². The molecule has 0 bridgehead atoms.